The number of nitrogens with one attached hydrogen (secondary N) is 2. The summed E-state index contributed by atoms with van der Waals surface area (Å²) >= 11 is 0. The van der Waals surface area contributed by atoms with E-state index in [1.165, 1.54) is 0 Å². The van der Waals surface area contributed by atoms with Crippen molar-refractivity contribution >= 4 is 16.8 Å². The van der Waals surface area contributed by atoms with Crippen LogP contribution in [-0.2, 0) is 11.3 Å². The molecule has 31 heavy (non-hydrogen) atoms. The number of para-hydroxylation sites is 1. The highest BCUT2D eigenvalue weighted by molar-refractivity contribution is 5.79. The van der Waals surface area contributed by atoms with Gasteiger partial charge in [-0.15, -0.1) is 0 Å². The second kappa shape index (κ2) is 8.83. The largest absolute Gasteiger partial charge is 0.351 e. The van der Waals surface area contributed by atoms with Gasteiger partial charge in [-0.25, -0.2) is 4.79 Å². The van der Waals surface area contributed by atoms with Crippen molar-refractivity contribution in [1.29, 1.82) is 0 Å². The van der Waals surface area contributed by atoms with Crippen LogP contribution in [0.2, 0.25) is 0 Å². The molecule has 0 bridgehead atoms. The highest BCUT2D eigenvalue weighted by Gasteiger charge is 2.23. The summed E-state index contributed by atoms with van der Waals surface area (Å²) in [5.74, 6) is -0.467. The Morgan fingerprint density at radius 2 is 1.42 bits per heavy atom. The van der Waals surface area contributed by atoms with E-state index in [4.69, 9.17) is 0 Å². The zero-order valence-corrected chi connectivity index (χ0v) is 17.1. The maximum absolute atomic E-state index is 12.8. The van der Waals surface area contributed by atoms with E-state index in [-0.39, 0.29) is 18.5 Å². The topological polar surface area (TPSA) is 84.0 Å². The van der Waals surface area contributed by atoms with Crippen molar-refractivity contribution in [3.63, 3.8) is 0 Å². The Morgan fingerprint density at radius 1 is 0.871 bits per heavy atom. The third kappa shape index (κ3) is 4.33. The average molecular weight is 413 g/mol. The van der Waals surface area contributed by atoms with E-state index in [1.807, 2.05) is 67.6 Å². The fourth-order valence-electron chi connectivity index (χ4n) is 3.96. The van der Waals surface area contributed by atoms with Gasteiger partial charge in [0.25, 0.3) is 5.56 Å². The zero-order chi connectivity index (χ0) is 21.8. The summed E-state index contributed by atoms with van der Waals surface area (Å²) in [4.78, 5) is 40.6. The lowest BCUT2D eigenvalue weighted by molar-refractivity contribution is -0.122. The van der Waals surface area contributed by atoms with E-state index >= 15 is 0 Å². The molecule has 0 spiro atoms. The summed E-state index contributed by atoms with van der Waals surface area (Å²) in [5, 5.41) is 3.35. The van der Waals surface area contributed by atoms with Crippen LogP contribution in [0.3, 0.4) is 0 Å². The molecule has 1 aromatic heterocycles. The summed E-state index contributed by atoms with van der Waals surface area (Å²) < 4.78 is 0.935. The van der Waals surface area contributed by atoms with Gasteiger partial charge in [-0.2, -0.15) is 0 Å². The lowest BCUT2D eigenvalue weighted by Crippen LogP contribution is -2.44. The fraction of sp³-hybridized carbons (Fsp3) is 0.160. The smallest absolute Gasteiger partial charge is 0.329 e. The lowest BCUT2D eigenvalue weighted by Gasteiger charge is -2.26. The average Bonchev–Trinajstić information content (AvgIpc) is 2.78. The molecule has 0 radical (unpaired) electrons. The molecule has 6 heteroatoms. The number of amides is 1. The van der Waals surface area contributed by atoms with E-state index in [1.54, 1.807) is 24.3 Å². The van der Waals surface area contributed by atoms with Gasteiger partial charge in [0.2, 0.25) is 5.91 Å². The van der Waals surface area contributed by atoms with Crippen molar-refractivity contribution in [2.45, 2.75) is 25.4 Å². The summed E-state index contributed by atoms with van der Waals surface area (Å²) in [7, 11) is 0. The summed E-state index contributed by atoms with van der Waals surface area (Å²) in [5.41, 5.74) is 1.51. The molecule has 1 unspecified atom stereocenters. The normalized spacial score (nSPS) is 12.1. The van der Waals surface area contributed by atoms with Gasteiger partial charge in [0.15, 0.2) is 0 Å². The van der Waals surface area contributed by atoms with Gasteiger partial charge in [0.1, 0.15) is 6.54 Å². The molecule has 1 heterocycles. The van der Waals surface area contributed by atoms with Crippen LogP contribution in [0.1, 0.15) is 24.0 Å². The van der Waals surface area contributed by atoms with Gasteiger partial charge in [-0.1, -0.05) is 72.8 Å². The van der Waals surface area contributed by atoms with E-state index in [0.717, 1.165) is 15.7 Å². The Kier molecular flexibility index (Phi) is 5.80. The van der Waals surface area contributed by atoms with Crippen LogP contribution < -0.4 is 16.6 Å². The van der Waals surface area contributed by atoms with E-state index in [0.29, 0.717) is 10.9 Å². The number of rotatable bonds is 6. The van der Waals surface area contributed by atoms with Crippen molar-refractivity contribution in [2.24, 2.45) is 0 Å². The van der Waals surface area contributed by atoms with E-state index in [2.05, 4.69) is 10.3 Å². The second-order valence-electron chi connectivity index (χ2n) is 7.52. The quantitative estimate of drug-likeness (QED) is 0.510. The molecule has 4 rings (SSSR count). The number of aromatic nitrogens is 2. The molecule has 156 valence electrons. The number of fused-ring (bicyclic) bond motifs is 1. The molecule has 0 aliphatic rings. The van der Waals surface area contributed by atoms with Gasteiger partial charge in [-0.05, 0) is 30.2 Å². The molecular weight excluding hydrogens is 390 g/mol. The van der Waals surface area contributed by atoms with Crippen molar-refractivity contribution in [3.8, 4) is 0 Å². The Morgan fingerprint density at radius 3 is 2.03 bits per heavy atom. The monoisotopic (exact) mass is 413 g/mol. The van der Waals surface area contributed by atoms with E-state index in [9.17, 15) is 14.4 Å². The van der Waals surface area contributed by atoms with Crippen LogP contribution >= 0.6 is 0 Å². The molecular formula is C25H23N3O3. The third-order valence-corrected chi connectivity index (χ3v) is 5.40. The zero-order valence-electron chi connectivity index (χ0n) is 17.1. The van der Waals surface area contributed by atoms with Crippen molar-refractivity contribution in [1.82, 2.24) is 14.9 Å². The Balaban J connectivity index is 1.60. The number of carbonyl (C=O) groups is 1. The Labute approximate surface area is 179 Å². The van der Waals surface area contributed by atoms with Crippen LogP contribution in [0.4, 0.5) is 0 Å². The van der Waals surface area contributed by atoms with Gasteiger partial charge in [0, 0.05) is 12.0 Å². The van der Waals surface area contributed by atoms with Crippen molar-refractivity contribution in [3.05, 3.63) is 117 Å². The molecule has 0 saturated heterocycles. The van der Waals surface area contributed by atoms with Crippen molar-refractivity contribution < 1.29 is 4.79 Å². The summed E-state index contributed by atoms with van der Waals surface area (Å²) in [6, 6.07) is 26.4. The second-order valence-corrected chi connectivity index (χ2v) is 7.52. The van der Waals surface area contributed by atoms with Crippen LogP contribution in [0.15, 0.2) is 94.5 Å². The predicted octanol–water partition coefficient (Wildman–Crippen LogP) is 3.03. The van der Waals surface area contributed by atoms with Gasteiger partial charge < -0.3 is 10.3 Å². The molecule has 4 aromatic rings. The van der Waals surface area contributed by atoms with Crippen LogP contribution in [0.25, 0.3) is 10.9 Å². The number of benzene rings is 3. The number of carbonyl (C=O) groups excluding carboxylic acids is 1. The SMILES string of the molecule is CC(NC(=O)Cn1c(=O)[nH]c2ccccc2c1=O)C(c1ccccc1)c1ccccc1. The minimum Gasteiger partial charge on any atom is -0.351 e. The minimum absolute atomic E-state index is 0.0713. The highest BCUT2D eigenvalue weighted by Crippen LogP contribution is 2.27. The number of hydrogen-bond acceptors (Lipinski definition) is 3. The van der Waals surface area contributed by atoms with E-state index < -0.39 is 17.2 Å². The molecule has 0 saturated carbocycles. The van der Waals surface area contributed by atoms with Gasteiger partial charge in [0.05, 0.1) is 10.9 Å². The number of aromatic amines is 1. The molecule has 3 aromatic carbocycles. The first-order valence-corrected chi connectivity index (χ1v) is 10.2. The fourth-order valence-corrected chi connectivity index (χ4v) is 3.96. The molecule has 1 amide bonds. The lowest BCUT2D eigenvalue weighted by atomic mass is 9.86. The first-order chi connectivity index (χ1) is 15.0. The van der Waals surface area contributed by atoms with Crippen LogP contribution in [0.5, 0.6) is 0 Å². The molecule has 0 fully saturated rings. The standard InChI is InChI=1S/C25H23N3O3/c1-17(23(18-10-4-2-5-11-18)19-12-6-3-7-13-19)26-22(29)16-28-24(30)20-14-8-9-15-21(20)27-25(28)31/h2-15,17,23H,16H2,1H3,(H,26,29)(H,27,31). The third-order valence-electron chi connectivity index (χ3n) is 5.40. The van der Waals surface area contributed by atoms with Crippen molar-refractivity contribution in [2.75, 3.05) is 0 Å². The van der Waals surface area contributed by atoms with Gasteiger partial charge in [-0.3, -0.25) is 14.2 Å². The maximum Gasteiger partial charge on any atom is 0.329 e. The molecule has 1 atom stereocenters. The molecule has 0 aliphatic carbocycles. The summed E-state index contributed by atoms with van der Waals surface area (Å²) in [6.45, 7) is 1.58. The van der Waals surface area contributed by atoms with Crippen LogP contribution in [0, 0.1) is 0 Å². The Hall–Kier alpha value is -3.93. The highest BCUT2D eigenvalue weighted by atomic mass is 16.2. The Bertz CT molecular complexity index is 1270. The first-order valence-electron chi connectivity index (χ1n) is 10.2. The number of H-pyrrole nitrogens is 1. The molecule has 2 N–H and O–H groups in total. The number of hydrogen-bond donors (Lipinski definition) is 2. The van der Waals surface area contributed by atoms with Crippen LogP contribution in [-0.4, -0.2) is 21.5 Å². The van der Waals surface area contributed by atoms with Gasteiger partial charge >= 0.3 is 5.69 Å². The summed E-state index contributed by atoms with van der Waals surface area (Å²) in [6.07, 6.45) is 0. The molecule has 0 aliphatic heterocycles. The number of nitrogens with zero attached hydrogens (tertiary/aromatic N) is 1. The first kappa shape index (κ1) is 20.3. The minimum atomic E-state index is -0.603. The maximum atomic E-state index is 12.8. The molecule has 6 nitrogen and oxygen atoms in total. The predicted molar refractivity (Wildman–Crippen MR) is 121 cm³/mol.